The average Bonchev–Trinajstić information content (AvgIpc) is 1.63. The van der Waals surface area contributed by atoms with Crippen LogP contribution in [0.3, 0.4) is 0 Å². The maximum absolute atomic E-state index is 14.5. The number of fused-ring (bicyclic) bond motifs is 3. The van der Waals surface area contributed by atoms with E-state index in [2.05, 4.69) is 59.8 Å². The number of H-pyrrole nitrogens is 3. The lowest BCUT2D eigenvalue weighted by Crippen LogP contribution is -2.32. The molecule has 0 radical (unpaired) electrons. The van der Waals surface area contributed by atoms with Crippen LogP contribution in [0.4, 0.5) is 34.9 Å². The summed E-state index contributed by atoms with van der Waals surface area (Å²) in [5.41, 5.74) is 28.5. The summed E-state index contributed by atoms with van der Waals surface area (Å²) in [7, 11) is -33.2. The maximum atomic E-state index is 14.5. The smallest absolute Gasteiger partial charge is 0.394 e. The second-order valence-corrected chi connectivity index (χ2v) is 36.2. The van der Waals surface area contributed by atoms with E-state index in [0.29, 0.717) is 0 Å². The molecule has 61 nitrogen and oxygen atoms in total. The number of ether oxygens (including phenoxy) is 6. The van der Waals surface area contributed by atoms with E-state index in [9.17, 15) is 95.5 Å². The maximum Gasteiger partial charge on any atom is 0.472 e. The Hall–Kier alpha value is -9.13. The van der Waals surface area contributed by atoms with Crippen molar-refractivity contribution < 1.29 is 145 Å². The number of imidazole rings is 3. The number of aromatic nitrogens is 18. The highest BCUT2D eigenvalue weighted by atomic mass is 31.2. The first-order valence-corrected chi connectivity index (χ1v) is 45.3. The van der Waals surface area contributed by atoms with Crippen LogP contribution >= 0.6 is 46.9 Å². The molecule has 15 rings (SSSR count). The zero-order valence-corrected chi connectivity index (χ0v) is 68.2. The molecule has 6 fully saturated rings. The Bertz CT molecular complexity index is 6230. The van der Waals surface area contributed by atoms with Gasteiger partial charge in [-0.2, -0.15) is 29.9 Å². The molecule has 5 unspecified atom stereocenters. The fraction of sp³-hybridized carbons (Fsp3) is 0.526. The molecule has 0 saturated carbocycles. The predicted octanol–water partition coefficient (Wildman–Crippen LogP) is -3.64. The van der Waals surface area contributed by atoms with Crippen molar-refractivity contribution in [3.63, 3.8) is 0 Å². The number of phosphoric ester groups is 6. The van der Waals surface area contributed by atoms with Crippen molar-refractivity contribution in [2.45, 2.75) is 149 Å². The van der Waals surface area contributed by atoms with Gasteiger partial charge in [0.25, 0.3) is 0 Å². The van der Waals surface area contributed by atoms with Gasteiger partial charge in [0.15, 0.2) is 16.9 Å². The van der Waals surface area contributed by atoms with Gasteiger partial charge in [-0.3, -0.25) is 92.1 Å². The number of hydrogen-bond acceptors (Lipinski definition) is 45. The van der Waals surface area contributed by atoms with Crippen LogP contribution in [-0.4, -0.2) is 239 Å². The van der Waals surface area contributed by atoms with E-state index in [1.807, 2.05) is 0 Å². The fourth-order valence-electron chi connectivity index (χ4n) is 14.3. The van der Waals surface area contributed by atoms with E-state index in [-0.39, 0.29) is 74.8 Å². The molecule has 124 heavy (non-hydrogen) atoms. The van der Waals surface area contributed by atoms with Gasteiger partial charge in [0, 0.05) is 57.1 Å². The molecule has 0 aromatic carbocycles. The van der Waals surface area contributed by atoms with Crippen molar-refractivity contribution in [2.75, 3.05) is 74.0 Å². The van der Waals surface area contributed by atoms with Crippen molar-refractivity contribution in [1.82, 2.24) is 87.2 Å². The van der Waals surface area contributed by atoms with Crippen LogP contribution in [0.5, 0.6) is 0 Å². The number of nitrogens with two attached hydrogens (primary N) is 6. The normalized spacial score (nSPS) is 29.2. The zero-order chi connectivity index (χ0) is 88.6. The number of rotatable bonds is 34. The summed E-state index contributed by atoms with van der Waals surface area (Å²) in [6.45, 7) is -6.33. The van der Waals surface area contributed by atoms with Crippen molar-refractivity contribution >= 4 is 115 Å². The molecular formula is C57H74N24O37P6. The Balaban J connectivity index is 0.639. The van der Waals surface area contributed by atoms with Crippen LogP contribution < -0.4 is 68.5 Å². The van der Waals surface area contributed by atoms with E-state index in [1.54, 1.807) is 0 Å². The molecule has 0 spiro atoms. The van der Waals surface area contributed by atoms with Crippen LogP contribution in [0.1, 0.15) is 75.9 Å². The molecule has 0 aliphatic carbocycles. The molecule has 9 aromatic heterocycles. The highest BCUT2D eigenvalue weighted by Crippen LogP contribution is 2.57. The van der Waals surface area contributed by atoms with Gasteiger partial charge >= 0.3 is 81.1 Å². The first kappa shape index (κ1) is 89.7. The summed E-state index contributed by atoms with van der Waals surface area (Å²) in [6, 6.07) is 3.62. The molecule has 0 bridgehead atoms. The van der Waals surface area contributed by atoms with E-state index in [4.69, 9.17) is 113 Å². The van der Waals surface area contributed by atoms with Gasteiger partial charge in [-0.25, -0.2) is 71.1 Å². The van der Waals surface area contributed by atoms with Crippen molar-refractivity contribution in [3.8, 4) is 0 Å². The molecule has 23 N–H and O–H groups in total. The summed E-state index contributed by atoms with van der Waals surface area (Å²) in [5.74, 6) is -1.34. The number of nitrogens with one attached hydrogen (secondary N) is 3. The van der Waals surface area contributed by atoms with Gasteiger partial charge in [-0.05, 0) is 18.2 Å². The summed E-state index contributed by atoms with van der Waals surface area (Å²) >= 11 is 0. The molecule has 674 valence electrons. The van der Waals surface area contributed by atoms with Gasteiger partial charge in [-0.15, -0.1) is 0 Å². The fourth-order valence-corrected chi connectivity index (χ4v) is 19.6. The predicted molar refractivity (Wildman–Crippen MR) is 405 cm³/mol. The molecule has 9 aromatic rings. The van der Waals surface area contributed by atoms with Crippen LogP contribution in [0.2, 0.25) is 0 Å². The van der Waals surface area contributed by atoms with Gasteiger partial charge in [0.05, 0.1) is 58.6 Å². The minimum Gasteiger partial charge on any atom is -0.394 e. The summed E-state index contributed by atoms with van der Waals surface area (Å²) in [6.07, 6.45) is -24.9. The monoisotopic (exact) mass is 1870 g/mol. The molecule has 0 amide bonds. The minimum absolute atomic E-state index is 0.00763. The van der Waals surface area contributed by atoms with E-state index < -0.39 is 263 Å². The Kier molecular flexibility index (Phi) is 25.5. The number of aliphatic hydroxyl groups is 1. The largest absolute Gasteiger partial charge is 0.472 e. The van der Waals surface area contributed by atoms with Crippen molar-refractivity contribution in [2.24, 2.45) is 0 Å². The Labute approximate surface area is 686 Å². The van der Waals surface area contributed by atoms with Crippen molar-refractivity contribution in [1.29, 1.82) is 0 Å². The molecule has 15 heterocycles. The lowest BCUT2D eigenvalue weighted by atomic mass is 10.2. The lowest BCUT2D eigenvalue weighted by molar-refractivity contribution is -0.0648. The molecular weight excluding hydrogens is 1800 g/mol. The van der Waals surface area contributed by atoms with Crippen LogP contribution in [0.25, 0.3) is 33.5 Å². The van der Waals surface area contributed by atoms with Crippen LogP contribution in [0, 0.1) is 0 Å². The summed E-state index contributed by atoms with van der Waals surface area (Å²) in [4.78, 5) is 195. The highest BCUT2D eigenvalue weighted by molar-refractivity contribution is 7.48. The molecule has 6 aliphatic heterocycles. The zero-order valence-electron chi connectivity index (χ0n) is 62.8. The molecule has 23 atom stereocenters. The second kappa shape index (κ2) is 35.2. The van der Waals surface area contributed by atoms with Crippen LogP contribution in [-0.2, 0) is 106 Å². The third-order valence-electron chi connectivity index (χ3n) is 19.7. The first-order chi connectivity index (χ1) is 58.5. The SMILES string of the molecule is Nc1ccn([C@H]2C[C@H](OP(=O)(O)OC[C@H]3O[C@@H](n4ccc(N)nc4=O)C[C@@H]3OP(=O)(O)OC[C@H]3O[C@@H](n4ccc(N)nc4=O)C[C@@H]3OP(=O)(O)OC[C@H]3O[C@@H](n4cnc5c(N)[nH]c(=O)nc54)C[C@@H]3OP(=O)(O)OC[C@H]3O[C@@H](n4cnc5c(N)[nH]c(=O)nc54)C[C@@H]3OP(=O)(O)OC[C@H]3O[C@@H](n4cnc5c(N)[nH]c(=O)nc54)C[C@@H]3OP(=O)(O)O)[C@@H](CO)O2)c(=O)n1. The number of aromatic amines is 3. The van der Waals surface area contributed by atoms with Crippen LogP contribution in [0.15, 0.2) is 84.5 Å². The standard InChI is InChI=1S/C57H74N24O37P6/c58-34-1-4-76(55(86)67-34)37-7-22(28(13-82)107-37)114-120(92,93)103-15-30-24(9-38(108-30)77-5-2-35(59)68-56(77)87)115-122(96,97)104-16-31-25(10-39(109-31)78-6-3-36(60)69-57(78)88)116-123(98,99)105-17-32-27(12-42(111-32)81-21-66-45-48(63)72-54(85)75-51(45)81)118-124(100,101)106-18-33-26(11-41(112-33)80-20-65-44-47(62)71-53(84)74-50(44)80)117-121(94,95)102-14-29-23(113-119(89,90)91)8-40(110-29)79-19-64-43-46(61)70-52(83)73-49(43)79/h1-6,19-33,37-42,82H,7-18H2,(H,92,93)(H,94,95)(H,96,97)(H,98,99)(H,100,101)(H2,58,67,86)(H2,59,68,87)(H2,60,69,88)(H2,89,90,91)(H3,61,70,73,83)(H3,62,71,74,84)(H3,63,72,75,85)/t22-,23-,24-,25-,26-,27-,28+,29+,30+,31+,32+,33+,37+,38+,39+,40+,41+,42+/m0/s1. The Morgan fingerprint density at radius 2 is 0.573 bits per heavy atom. The molecule has 6 saturated heterocycles. The van der Waals surface area contributed by atoms with E-state index in [0.717, 1.165) is 60.3 Å². The Morgan fingerprint density at radius 1 is 0.347 bits per heavy atom. The third-order valence-corrected chi connectivity index (χ3v) is 25.3. The number of nitrogen functional groups attached to an aromatic ring is 6. The van der Waals surface area contributed by atoms with Gasteiger partial charge in [0.1, 0.15) is 162 Å². The highest BCUT2D eigenvalue weighted by Gasteiger charge is 2.52. The number of phosphoric acid groups is 6. The quantitative estimate of drug-likeness (QED) is 0.0173. The number of nitrogens with zero attached hydrogens (tertiary/aromatic N) is 15. The lowest BCUT2D eigenvalue weighted by Gasteiger charge is -2.26. The topological polar surface area (TPSA) is 873 Å². The molecule has 6 aliphatic rings. The van der Waals surface area contributed by atoms with E-state index >= 15 is 0 Å². The number of hydrogen-bond donors (Lipinski definition) is 17. The first-order valence-electron chi connectivity index (χ1n) is 36.2. The third kappa shape index (κ3) is 20.4. The minimum atomic E-state index is -5.69. The number of anilines is 6. The van der Waals surface area contributed by atoms with E-state index in [1.165, 1.54) is 22.9 Å². The summed E-state index contributed by atoms with van der Waals surface area (Å²) < 4.78 is 185. The van der Waals surface area contributed by atoms with Gasteiger partial charge in [0.2, 0.25) is 0 Å². The Morgan fingerprint density at radius 3 is 0.806 bits per heavy atom. The number of aliphatic hydroxyl groups excluding tert-OH is 1. The van der Waals surface area contributed by atoms with Gasteiger partial charge in [-0.1, -0.05) is 0 Å². The van der Waals surface area contributed by atoms with Gasteiger partial charge < -0.3 is 102 Å². The second-order valence-electron chi connectivity index (χ2n) is 28.0. The summed E-state index contributed by atoms with van der Waals surface area (Å²) in [5, 5.41) is 10.1. The molecule has 67 heteroatoms. The average molecular weight is 1870 g/mol. The van der Waals surface area contributed by atoms with Crippen molar-refractivity contribution in [3.05, 3.63) is 119 Å².